The molecule has 0 heterocycles. The smallest absolute Gasteiger partial charge is 0.264 e. The molecular weight excluding hydrogens is 1220 g/mol. The maximum Gasteiger partial charge on any atom is 0.402 e. The fourth-order valence-electron chi connectivity index (χ4n) is 6.02. The van der Waals surface area contributed by atoms with Gasteiger partial charge in [0.2, 0.25) is 0 Å². The molecule has 72 heavy (non-hydrogen) atoms. The minimum atomic E-state index is -8.08. The van der Waals surface area contributed by atoms with E-state index in [1.165, 1.54) is 0 Å². The molecule has 0 bridgehead atoms. The van der Waals surface area contributed by atoms with Crippen molar-refractivity contribution in [3.63, 3.8) is 0 Å². The average Bonchev–Trinajstić information content (AvgIpc) is 3.05. The van der Waals surface area contributed by atoms with Gasteiger partial charge in [0.15, 0.2) is 0 Å². The van der Waals surface area contributed by atoms with Crippen molar-refractivity contribution in [1.82, 2.24) is 0 Å². The molecule has 1 unspecified atom stereocenters. The molecule has 434 valence electrons. The van der Waals surface area contributed by atoms with Crippen LogP contribution in [0.15, 0.2) is 0 Å². The van der Waals surface area contributed by atoms with Gasteiger partial charge in [0.1, 0.15) is 6.10 Å². The van der Waals surface area contributed by atoms with Crippen LogP contribution in [0.5, 0.6) is 0 Å². The first kappa shape index (κ1) is 70.7. The molecule has 0 radical (unpaired) electrons. The fourth-order valence-corrected chi connectivity index (χ4v) is 11.5. The molecule has 50 heteroatoms. The van der Waals surface area contributed by atoms with Gasteiger partial charge in [0.05, 0.1) is 0 Å². The van der Waals surface area contributed by atoms with Crippen LogP contribution >= 0.6 is 0 Å². The molecule has 0 aromatic carbocycles. The van der Waals surface area contributed by atoms with Gasteiger partial charge in [-0.05, 0) is 6.42 Å². The zero-order chi connectivity index (χ0) is 57.0. The standard InChI is InChI=1S/C22H46O40S10/c1-2-3-4-5-6-7-8-9-10-11-12-13-14-15-16-17-18(53-63(23,24)25)19(54-64(26,27)28,55-65(29,30)31)20(56-66(32,33)34,57-67(35,36)37)21(58-68(38,39)40,59-69(41,42)43)22(60-70(44,45)46,61-71(47,48)49)62-72(50,51)52/h18H,2-17H2,1H3,(H,23,24,25)(H,26,27,28)(H,29,30,31)(H,32,33,34)(H,35,36,37)(H,38,39,40)(H,41,42,43)(H,44,45,46)(H,47,48,49)(H,50,51,52). The van der Waals surface area contributed by atoms with E-state index >= 15 is 0 Å². The summed E-state index contributed by atoms with van der Waals surface area (Å²) in [5.41, 5.74) is 0. The third-order valence-corrected chi connectivity index (χ3v) is 12.5. The first-order valence-electron chi connectivity index (χ1n) is 18.6. The number of hydrogen-bond acceptors (Lipinski definition) is 30. The number of unbranched alkanes of at least 4 members (excludes halogenated alkanes) is 14. The first-order valence-corrected chi connectivity index (χ1v) is 32.2. The monoisotopic (exact) mass is 1270 g/mol. The normalized spacial score (nSPS) is 15.4. The van der Waals surface area contributed by atoms with Crippen LogP contribution in [0, 0.1) is 0 Å². The summed E-state index contributed by atoms with van der Waals surface area (Å²) in [7, 11) is -78.2. The summed E-state index contributed by atoms with van der Waals surface area (Å²) in [6, 6.07) is 0. The van der Waals surface area contributed by atoms with Crippen molar-refractivity contribution in [2.45, 2.75) is 139 Å². The molecule has 0 rings (SSSR count). The predicted octanol–water partition coefficient (Wildman–Crippen LogP) is -1.45. The second-order valence-corrected chi connectivity index (χ2v) is 24.1. The van der Waals surface area contributed by atoms with Gasteiger partial charge < -0.3 is 0 Å². The van der Waals surface area contributed by atoms with Crippen LogP contribution in [0.1, 0.15) is 110 Å². The van der Waals surface area contributed by atoms with Crippen LogP contribution < -0.4 is 0 Å². The van der Waals surface area contributed by atoms with Crippen molar-refractivity contribution in [3.05, 3.63) is 0 Å². The highest BCUT2D eigenvalue weighted by Gasteiger charge is 2.91. The van der Waals surface area contributed by atoms with Gasteiger partial charge in [-0.2, -0.15) is 113 Å². The Labute approximate surface area is 412 Å². The van der Waals surface area contributed by atoms with Crippen LogP contribution in [0.25, 0.3) is 0 Å². The molecule has 0 fully saturated rings. The van der Waals surface area contributed by atoms with Gasteiger partial charge in [-0.3, -0.25) is 45.5 Å². The van der Waals surface area contributed by atoms with Gasteiger partial charge in [-0.15, -0.1) is 0 Å². The molecule has 0 aliphatic carbocycles. The number of rotatable bonds is 40. The van der Waals surface area contributed by atoms with Crippen molar-refractivity contribution in [2.24, 2.45) is 0 Å². The fraction of sp³-hybridized carbons (Fsp3) is 1.00. The molecule has 0 spiro atoms. The molecule has 1 atom stereocenters. The molecule has 0 amide bonds. The Morgan fingerprint density at radius 2 is 0.514 bits per heavy atom. The Bertz CT molecular complexity index is 2760. The minimum absolute atomic E-state index is 0.0830. The Morgan fingerprint density at radius 3 is 0.736 bits per heavy atom. The van der Waals surface area contributed by atoms with E-state index in [0.29, 0.717) is 19.3 Å². The molecule has 0 aliphatic rings. The van der Waals surface area contributed by atoms with Gasteiger partial charge in [-0.1, -0.05) is 103 Å². The Balaban J connectivity index is 9.60. The van der Waals surface area contributed by atoms with E-state index in [-0.39, 0.29) is 12.8 Å². The van der Waals surface area contributed by atoms with E-state index in [0.717, 1.165) is 51.4 Å². The van der Waals surface area contributed by atoms with Crippen molar-refractivity contribution in [1.29, 1.82) is 0 Å². The highest BCUT2D eigenvalue weighted by molar-refractivity contribution is 7.84. The summed E-state index contributed by atoms with van der Waals surface area (Å²) in [6.07, 6.45) is -0.0705. The largest absolute Gasteiger partial charge is 0.402 e. The third kappa shape index (κ3) is 27.1. The van der Waals surface area contributed by atoms with E-state index in [1.807, 2.05) is 6.92 Å². The summed E-state index contributed by atoms with van der Waals surface area (Å²) in [4.78, 5) is 0. The summed E-state index contributed by atoms with van der Waals surface area (Å²) >= 11 is 0. The van der Waals surface area contributed by atoms with Crippen LogP contribution in [-0.2, 0) is 146 Å². The molecule has 0 saturated carbocycles. The first-order chi connectivity index (χ1) is 31.8. The van der Waals surface area contributed by atoms with Crippen LogP contribution in [0.3, 0.4) is 0 Å². The predicted molar refractivity (Wildman–Crippen MR) is 221 cm³/mol. The lowest BCUT2D eigenvalue weighted by Crippen LogP contribution is -2.85. The van der Waals surface area contributed by atoms with Crippen molar-refractivity contribution in [2.75, 3.05) is 0 Å². The molecule has 40 nitrogen and oxygen atoms in total. The van der Waals surface area contributed by atoms with E-state index in [2.05, 4.69) is 41.8 Å². The SMILES string of the molecule is CCCCCCCCCCCCCCCCCC(OS(=O)(=O)O)C(OS(=O)(=O)O)(OS(=O)(=O)O)C(OS(=O)(=O)O)(OS(=O)(=O)O)C(OS(=O)(=O)O)(OS(=O)(=O)O)C(OS(=O)(=O)O)(OS(=O)(=O)O)OS(=O)(=O)O. The summed E-state index contributed by atoms with van der Waals surface area (Å²) in [5.74, 6) is -30.0. The topological polar surface area (TPSA) is 636 Å². The summed E-state index contributed by atoms with van der Waals surface area (Å²) in [5, 5.41) is 0. The molecule has 0 aromatic heterocycles. The lowest BCUT2D eigenvalue weighted by Gasteiger charge is -2.54. The van der Waals surface area contributed by atoms with E-state index in [9.17, 15) is 130 Å². The van der Waals surface area contributed by atoms with Gasteiger partial charge >= 0.3 is 122 Å². The Hall–Kier alpha value is -1.30. The van der Waals surface area contributed by atoms with Crippen molar-refractivity contribution >= 4 is 104 Å². The maximum absolute atomic E-state index is 12.8. The molecular formula is C22H46O40S10. The molecule has 0 aromatic rings. The maximum atomic E-state index is 12.8. The molecule has 0 saturated heterocycles. The second kappa shape index (κ2) is 26.4. The van der Waals surface area contributed by atoms with Crippen LogP contribution in [-0.4, -0.2) is 159 Å². The second-order valence-electron chi connectivity index (χ2n) is 13.8. The van der Waals surface area contributed by atoms with E-state index in [1.54, 1.807) is 0 Å². The zero-order valence-corrected chi connectivity index (χ0v) is 43.9. The lowest BCUT2D eigenvalue weighted by molar-refractivity contribution is -0.494. The highest BCUT2D eigenvalue weighted by Crippen LogP contribution is 2.57. The third-order valence-electron chi connectivity index (χ3n) is 8.02. The quantitative estimate of drug-likeness (QED) is 0.0191. The average molecular weight is 1270 g/mol. The lowest BCUT2D eigenvalue weighted by atomic mass is 9.88. The van der Waals surface area contributed by atoms with Crippen LogP contribution in [0.2, 0.25) is 0 Å². The summed E-state index contributed by atoms with van der Waals surface area (Å²) < 4.78 is 383. The Morgan fingerprint density at radius 1 is 0.292 bits per heavy atom. The molecule has 0 aliphatic heterocycles. The van der Waals surface area contributed by atoms with Gasteiger partial charge in [0, 0.05) is 0 Å². The van der Waals surface area contributed by atoms with Gasteiger partial charge in [-0.25, -0.2) is 12.5 Å². The zero-order valence-electron chi connectivity index (χ0n) is 35.7. The van der Waals surface area contributed by atoms with Gasteiger partial charge in [0.25, 0.3) is 5.79 Å². The Kier molecular flexibility index (Phi) is 25.9. The summed E-state index contributed by atoms with van der Waals surface area (Å²) in [6.45, 7) is 2.03. The minimum Gasteiger partial charge on any atom is -0.264 e. The van der Waals surface area contributed by atoms with Crippen molar-refractivity contribution in [3.8, 4) is 0 Å². The van der Waals surface area contributed by atoms with E-state index < -0.39 is 153 Å². The van der Waals surface area contributed by atoms with Crippen LogP contribution in [0.4, 0.5) is 0 Å². The molecule has 10 N–H and O–H groups in total. The number of hydrogen-bond donors (Lipinski definition) is 10. The highest BCUT2D eigenvalue weighted by atomic mass is 32.3. The van der Waals surface area contributed by atoms with E-state index in [4.69, 9.17) is 0 Å². The van der Waals surface area contributed by atoms with Crippen molar-refractivity contribution < 1.29 is 172 Å².